The summed E-state index contributed by atoms with van der Waals surface area (Å²) in [6, 6.07) is 0. The van der Waals surface area contributed by atoms with Gasteiger partial charge in [-0.1, -0.05) is 6.08 Å². The Labute approximate surface area is 82.6 Å². The molecule has 12 heavy (non-hydrogen) atoms. The Hall–Kier alpha value is 0.440. The van der Waals surface area contributed by atoms with E-state index in [0.717, 1.165) is 22.3 Å². The monoisotopic (exact) mass is 198 g/mol. The summed E-state index contributed by atoms with van der Waals surface area (Å²) in [5, 5.41) is 2.00. The van der Waals surface area contributed by atoms with Crippen molar-refractivity contribution in [3.05, 3.63) is 10.3 Å². The molecular weight excluding hydrogens is 184 g/mol. The Bertz CT molecular complexity index is 214. The molecule has 3 fully saturated rings. The molecule has 3 rings (SSSR count). The molecule has 0 aromatic carbocycles. The number of thioether (sulfide) groups is 2. The average Bonchev–Trinajstić information content (AvgIpc) is 2.75. The van der Waals surface area contributed by atoms with Gasteiger partial charge < -0.3 is 0 Å². The van der Waals surface area contributed by atoms with Crippen LogP contribution >= 0.6 is 23.5 Å². The number of allylic oxidation sites excluding steroid dienone is 1. The van der Waals surface area contributed by atoms with E-state index in [1.54, 1.807) is 10.7 Å². The second kappa shape index (κ2) is 2.71. The molecule has 2 bridgehead atoms. The molecule has 3 aliphatic rings. The van der Waals surface area contributed by atoms with Gasteiger partial charge in [0.2, 0.25) is 0 Å². The first kappa shape index (κ1) is 7.81. The van der Waals surface area contributed by atoms with Gasteiger partial charge in [0, 0.05) is 14.7 Å². The van der Waals surface area contributed by atoms with Crippen LogP contribution in [0.4, 0.5) is 0 Å². The second-order valence-corrected chi connectivity index (χ2v) is 6.80. The van der Waals surface area contributed by atoms with Crippen molar-refractivity contribution in [1.82, 2.24) is 0 Å². The van der Waals surface area contributed by atoms with Gasteiger partial charge in [-0.25, -0.2) is 0 Å². The zero-order valence-electron chi connectivity index (χ0n) is 7.32. The fraction of sp³-hybridized carbons (Fsp3) is 0.800. The SMILES string of the molecule is CC=C1SC2C3CCC(C3)C2S1. The van der Waals surface area contributed by atoms with E-state index in [2.05, 4.69) is 36.5 Å². The van der Waals surface area contributed by atoms with E-state index in [4.69, 9.17) is 0 Å². The van der Waals surface area contributed by atoms with Gasteiger partial charge in [-0.05, 0) is 38.0 Å². The Kier molecular flexibility index (Phi) is 1.76. The highest BCUT2D eigenvalue weighted by Gasteiger charge is 2.51. The molecule has 2 heteroatoms. The van der Waals surface area contributed by atoms with Crippen LogP contribution in [0.2, 0.25) is 0 Å². The molecular formula is C10H14S2. The number of hydrogen-bond donors (Lipinski definition) is 0. The van der Waals surface area contributed by atoms with Gasteiger partial charge in [0.05, 0.1) is 0 Å². The van der Waals surface area contributed by atoms with Crippen molar-refractivity contribution in [1.29, 1.82) is 0 Å². The average molecular weight is 198 g/mol. The van der Waals surface area contributed by atoms with Crippen molar-refractivity contribution in [3.8, 4) is 0 Å². The molecule has 0 spiro atoms. The quantitative estimate of drug-likeness (QED) is 0.584. The summed E-state index contributed by atoms with van der Waals surface area (Å²) in [4.78, 5) is 0. The minimum Gasteiger partial charge on any atom is -0.115 e. The van der Waals surface area contributed by atoms with Crippen LogP contribution in [0.1, 0.15) is 26.2 Å². The van der Waals surface area contributed by atoms with Crippen molar-refractivity contribution in [2.75, 3.05) is 0 Å². The topological polar surface area (TPSA) is 0 Å². The van der Waals surface area contributed by atoms with Gasteiger partial charge in [0.15, 0.2) is 0 Å². The molecule has 0 N–H and O–H groups in total. The summed E-state index contributed by atoms with van der Waals surface area (Å²) >= 11 is 4.34. The lowest BCUT2D eigenvalue weighted by molar-refractivity contribution is 0.508. The molecule has 2 aliphatic carbocycles. The van der Waals surface area contributed by atoms with Crippen LogP contribution in [-0.4, -0.2) is 10.5 Å². The molecule has 0 radical (unpaired) electrons. The van der Waals surface area contributed by atoms with E-state index in [1.165, 1.54) is 12.8 Å². The van der Waals surface area contributed by atoms with Crippen LogP contribution in [0.5, 0.6) is 0 Å². The number of hydrogen-bond acceptors (Lipinski definition) is 2. The van der Waals surface area contributed by atoms with E-state index in [9.17, 15) is 0 Å². The van der Waals surface area contributed by atoms with Crippen LogP contribution in [0.3, 0.4) is 0 Å². The fourth-order valence-corrected chi connectivity index (χ4v) is 6.57. The summed E-state index contributed by atoms with van der Waals surface area (Å²) in [6.07, 6.45) is 6.90. The molecule has 2 saturated carbocycles. The van der Waals surface area contributed by atoms with Gasteiger partial charge in [0.1, 0.15) is 0 Å². The van der Waals surface area contributed by atoms with Gasteiger partial charge in [-0.3, -0.25) is 0 Å². The van der Waals surface area contributed by atoms with Crippen LogP contribution in [0, 0.1) is 11.8 Å². The minimum atomic E-state index is 1.000. The Balaban J connectivity index is 1.87. The van der Waals surface area contributed by atoms with Crippen LogP contribution in [-0.2, 0) is 0 Å². The Morgan fingerprint density at radius 1 is 1.17 bits per heavy atom. The zero-order chi connectivity index (χ0) is 8.13. The third-order valence-corrected chi connectivity index (χ3v) is 7.09. The number of rotatable bonds is 0. The van der Waals surface area contributed by atoms with E-state index in [0.29, 0.717) is 0 Å². The van der Waals surface area contributed by atoms with Crippen molar-refractivity contribution in [3.63, 3.8) is 0 Å². The third-order valence-electron chi connectivity index (χ3n) is 3.51. The lowest BCUT2D eigenvalue weighted by Gasteiger charge is -2.21. The van der Waals surface area contributed by atoms with Gasteiger partial charge >= 0.3 is 0 Å². The van der Waals surface area contributed by atoms with Crippen LogP contribution in [0.15, 0.2) is 10.3 Å². The zero-order valence-corrected chi connectivity index (χ0v) is 8.96. The Morgan fingerprint density at radius 2 is 1.75 bits per heavy atom. The van der Waals surface area contributed by atoms with E-state index in [1.807, 2.05) is 0 Å². The van der Waals surface area contributed by atoms with Crippen molar-refractivity contribution in [2.45, 2.75) is 36.7 Å². The molecule has 0 aromatic heterocycles. The minimum absolute atomic E-state index is 1.000. The maximum atomic E-state index is 2.30. The number of fused-ring (bicyclic) bond motifs is 5. The van der Waals surface area contributed by atoms with Gasteiger partial charge in [-0.2, -0.15) is 0 Å². The first-order valence-corrected chi connectivity index (χ1v) is 6.64. The van der Waals surface area contributed by atoms with Crippen LogP contribution in [0.25, 0.3) is 0 Å². The molecule has 1 aliphatic heterocycles. The standard InChI is InChI=1S/C10H14S2/c1-2-8-11-9-6-3-4-7(5-6)10(9)12-8/h2,6-7,9-10H,3-5H2,1H3. The summed E-state index contributed by atoms with van der Waals surface area (Å²) in [6.45, 7) is 2.18. The maximum Gasteiger partial charge on any atom is 0.0364 e. The lowest BCUT2D eigenvalue weighted by Crippen LogP contribution is -2.22. The van der Waals surface area contributed by atoms with E-state index in [-0.39, 0.29) is 0 Å². The molecule has 1 saturated heterocycles. The normalized spacial score (nSPS) is 49.9. The third kappa shape index (κ3) is 0.941. The van der Waals surface area contributed by atoms with Crippen molar-refractivity contribution < 1.29 is 0 Å². The molecule has 4 unspecified atom stereocenters. The highest BCUT2D eigenvalue weighted by molar-refractivity contribution is 8.26. The van der Waals surface area contributed by atoms with Gasteiger partial charge in [0.25, 0.3) is 0 Å². The molecule has 0 amide bonds. The molecule has 66 valence electrons. The fourth-order valence-electron chi connectivity index (χ4n) is 2.94. The van der Waals surface area contributed by atoms with Crippen LogP contribution < -0.4 is 0 Å². The Morgan fingerprint density at radius 3 is 2.25 bits per heavy atom. The predicted molar refractivity (Wildman–Crippen MR) is 57.3 cm³/mol. The summed E-state index contributed by atoms with van der Waals surface area (Å²) in [5.74, 6) is 2.16. The smallest absolute Gasteiger partial charge is 0.0364 e. The van der Waals surface area contributed by atoms with E-state index >= 15 is 0 Å². The second-order valence-electron chi connectivity index (χ2n) is 4.11. The maximum absolute atomic E-state index is 2.30. The van der Waals surface area contributed by atoms with Gasteiger partial charge in [-0.15, -0.1) is 23.5 Å². The summed E-state index contributed by atoms with van der Waals surface area (Å²) in [7, 11) is 0. The lowest BCUT2D eigenvalue weighted by atomic mass is 10.00. The van der Waals surface area contributed by atoms with E-state index < -0.39 is 0 Å². The molecule has 0 nitrogen and oxygen atoms in total. The summed E-state index contributed by atoms with van der Waals surface area (Å²) in [5.41, 5.74) is 0. The highest BCUT2D eigenvalue weighted by atomic mass is 32.2. The summed E-state index contributed by atoms with van der Waals surface area (Å²) < 4.78 is 1.60. The first-order chi connectivity index (χ1) is 5.88. The largest absolute Gasteiger partial charge is 0.115 e. The first-order valence-electron chi connectivity index (χ1n) is 4.88. The van der Waals surface area contributed by atoms with Crippen molar-refractivity contribution >= 4 is 23.5 Å². The predicted octanol–water partition coefficient (Wildman–Crippen LogP) is 3.49. The molecule has 4 atom stereocenters. The molecule has 0 aromatic rings. The molecule has 1 heterocycles. The van der Waals surface area contributed by atoms with Crippen molar-refractivity contribution in [2.24, 2.45) is 11.8 Å². The highest BCUT2D eigenvalue weighted by Crippen LogP contribution is 2.62.